The predicted octanol–water partition coefficient (Wildman–Crippen LogP) is -2.53. The zero-order valence-electron chi connectivity index (χ0n) is 3.67. The van der Waals surface area contributed by atoms with Gasteiger partial charge in [-0.15, -0.1) is 0 Å². The van der Waals surface area contributed by atoms with Gasteiger partial charge < -0.3 is 17.0 Å². The molecule has 1 heterocycles. The van der Waals surface area contributed by atoms with Gasteiger partial charge in [-0.3, -0.25) is 0 Å². The maximum atomic E-state index is 2.30. The Hall–Kier alpha value is 0.723. The fourth-order valence-electron chi connectivity index (χ4n) is 0.291. The number of hydrogen-bond acceptors (Lipinski definition) is 0. The molecule has 0 bridgehead atoms. The van der Waals surface area contributed by atoms with E-state index in [1.165, 1.54) is 0 Å². The summed E-state index contributed by atoms with van der Waals surface area (Å²) in [5.74, 6) is 0. The fourth-order valence-corrected chi connectivity index (χ4v) is 3.30. The van der Waals surface area contributed by atoms with E-state index in [4.69, 9.17) is 0 Å². The van der Waals surface area contributed by atoms with Crippen LogP contribution in [0.1, 0.15) is 0 Å². The Kier molecular flexibility index (Phi) is 5.37. The summed E-state index contributed by atoms with van der Waals surface area (Å²) in [6, 6.07) is 0. The molecule has 0 aromatic carbocycles. The molecule has 0 amide bonds. The fraction of sp³-hybridized carbons (Fsp3) is 0. The van der Waals surface area contributed by atoms with Crippen LogP contribution in [0.4, 0.5) is 0 Å². The monoisotopic (exact) mass is 238 g/mol. The molecular weight excluding hydrogens is 233 g/mol. The van der Waals surface area contributed by atoms with E-state index < -0.39 is 0 Å². The molecule has 0 atom stereocenters. The van der Waals surface area contributed by atoms with Crippen LogP contribution in [0.2, 0.25) is 0 Å². The smallest absolute Gasteiger partial charge is 1.00 e. The first-order chi connectivity index (χ1) is 3.00. The van der Waals surface area contributed by atoms with Crippen LogP contribution in [-0.4, -0.2) is 13.8 Å². The maximum absolute atomic E-state index is 2.30. The molecule has 0 nitrogen and oxygen atoms in total. The Morgan fingerprint density at radius 2 is 2.14 bits per heavy atom. The molecule has 0 saturated carbocycles. The molecule has 0 fully saturated rings. The van der Waals surface area contributed by atoms with Gasteiger partial charge in [0.25, 0.3) is 0 Å². The van der Waals surface area contributed by atoms with E-state index in [2.05, 4.69) is 22.5 Å². The van der Waals surface area contributed by atoms with Crippen molar-refractivity contribution in [2.24, 2.45) is 0 Å². The molecule has 0 aromatic heterocycles. The van der Waals surface area contributed by atoms with Crippen LogP contribution in [-0.2, 0) is 9.59 Å². The zero-order valence-corrected chi connectivity index (χ0v) is 8.50. The van der Waals surface area contributed by atoms with Gasteiger partial charge in [0.1, 0.15) is 0 Å². The Bertz CT molecular complexity index is 81.1. The molecule has 0 aliphatic carbocycles. The Labute approximate surface area is 62.7 Å². The van der Waals surface area contributed by atoms with Gasteiger partial charge in [0, 0.05) is 0 Å². The second-order valence-corrected chi connectivity index (χ2v) is 6.04. The first-order valence-electron chi connectivity index (χ1n) is 1.80. The van der Waals surface area contributed by atoms with Crippen molar-refractivity contribution >= 4 is 23.4 Å². The number of rotatable bonds is 0. The van der Waals surface area contributed by atoms with Gasteiger partial charge in [0.2, 0.25) is 0 Å². The van der Waals surface area contributed by atoms with Crippen molar-refractivity contribution in [1.29, 1.82) is 0 Å². The molecule has 3 heteroatoms. The summed E-state index contributed by atoms with van der Waals surface area (Å²) < 4.78 is 0. The second kappa shape index (κ2) is 4.87. The quantitative estimate of drug-likeness (QED) is 0.322. The van der Waals surface area contributed by atoms with Crippen LogP contribution < -0.4 is 17.0 Å². The van der Waals surface area contributed by atoms with Gasteiger partial charge in [-0.05, 0) is 0 Å². The van der Waals surface area contributed by atoms with Gasteiger partial charge in [0.15, 0.2) is 0 Å². The summed E-state index contributed by atoms with van der Waals surface area (Å²) in [4.78, 5) is 2.30. The summed E-state index contributed by atoms with van der Waals surface area (Å²) in [6.45, 7) is 0. The van der Waals surface area contributed by atoms with E-state index in [0.29, 0.717) is 0 Å². The molecule has 0 spiro atoms. The van der Waals surface area contributed by atoms with Crippen LogP contribution in [0.25, 0.3) is 0 Å². The molecule has 0 radical (unpaired) electrons. The normalized spacial score (nSPS) is 13.7. The third-order valence-corrected chi connectivity index (χ3v) is 4.60. The van der Waals surface area contributed by atoms with Crippen LogP contribution >= 0.6 is 0 Å². The van der Waals surface area contributed by atoms with Gasteiger partial charge >= 0.3 is 45.8 Å². The molecule has 1 rings (SSSR count). The van der Waals surface area contributed by atoms with Crippen molar-refractivity contribution in [2.75, 3.05) is 0 Å². The average molecular weight is 238 g/mol. The van der Waals surface area contributed by atoms with Gasteiger partial charge in [0.05, 0.1) is 0 Å². The van der Waals surface area contributed by atoms with Gasteiger partial charge in [-0.2, -0.15) is 0 Å². The van der Waals surface area contributed by atoms with E-state index >= 15 is 0 Å². The van der Waals surface area contributed by atoms with Crippen molar-refractivity contribution in [2.45, 2.75) is 0 Å². The standard InChI is InChI=1S/C4H5GeS.BrH/c1-2-4-6-5-3-1;/h1-5H;1H/q+1;/p-1. The van der Waals surface area contributed by atoms with E-state index in [-0.39, 0.29) is 30.8 Å². The minimum absolute atomic E-state index is 0. The Morgan fingerprint density at radius 1 is 1.29 bits per heavy atom. The predicted molar refractivity (Wildman–Crippen MR) is 32.8 cm³/mol. The summed E-state index contributed by atoms with van der Waals surface area (Å²) in [5, 5.41) is 2.17. The third kappa shape index (κ3) is 3.32. The van der Waals surface area contributed by atoms with Crippen molar-refractivity contribution in [3.63, 3.8) is 0 Å². The second-order valence-electron chi connectivity index (χ2n) is 0.986. The third-order valence-electron chi connectivity index (χ3n) is 0.536. The molecule has 0 aromatic rings. The number of hydrogen-bond donors (Lipinski definition) is 0. The molecule has 1 aliphatic rings. The topological polar surface area (TPSA) is 0 Å². The molecule has 7 heavy (non-hydrogen) atoms. The Morgan fingerprint density at radius 3 is 2.29 bits per heavy atom. The largest absolute Gasteiger partial charge is 1.00 e. The van der Waals surface area contributed by atoms with E-state index in [9.17, 15) is 0 Å². The molecular formula is C4H5BrGeS. The van der Waals surface area contributed by atoms with Crippen LogP contribution in [0.3, 0.4) is 0 Å². The SMILES string of the molecule is C1=C[S+]=[GeH][CH]=C1.[Br-]. The van der Waals surface area contributed by atoms with Crippen molar-refractivity contribution in [1.82, 2.24) is 0 Å². The van der Waals surface area contributed by atoms with Crippen LogP contribution in [0.5, 0.6) is 0 Å². The molecule has 0 N–H and O–H groups in total. The van der Waals surface area contributed by atoms with Crippen molar-refractivity contribution in [3.05, 3.63) is 22.5 Å². The summed E-state index contributed by atoms with van der Waals surface area (Å²) in [6.07, 6.45) is 4.22. The van der Waals surface area contributed by atoms with Crippen LogP contribution in [0.15, 0.2) is 22.5 Å². The first kappa shape index (κ1) is 7.72. The van der Waals surface area contributed by atoms with E-state index in [1.54, 1.807) is 0 Å². The van der Waals surface area contributed by atoms with Crippen molar-refractivity contribution in [3.8, 4) is 0 Å². The molecule has 1 aliphatic heterocycles. The maximum Gasteiger partial charge on any atom is -1.00 e. The summed E-state index contributed by atoms with van der Waals surface area (Å²) >= 11 is 0.0339. The average Bonchev–Trinajstić information content (AvgIpc) is 1.72. The zero-order chi connectivity index (χ0) is 4.24. The molecule has 0 unspecified atom stereocenters. The van der Waals surface area contributed by atoms with Crippen LogP contribution in [0, 0.1) is 0 Å². The summed E-state index contributed by atoms with van der Waals surface area (Å²) in [5.41, 5.74) is 0. The molecule has 0 saturated heterocycles. The minimum Gasteiger partial charge on any atom is -1.00 e. The van der Waals surface area contributed by atoms with Crippen molar-refractivity contribution < 1.29 is 17.0 Å². The summed E-state index contributed by atoms with van der Waals surface area (Å²) in [7, 11) is 1.98. The minimum atomic E-state index is 0. The van der Waals surface area contributed by atoms with E-state index in [1.807, 2.05) is 9.59 Å². The first-order valence-corrected chi connectivity index (χ1v) is 7.11. The molecule has 38 valence electrons. The number of allylic oxidation sites excluding steroid dienone is 2. The number of halogens is 1. The van der Waals surface area contributed by atoms with E-state index in [0.717, 1.165) is 0 Å². The van der Waals surface area contributed by atoms with Gasteiger partial charge in [-0.25, -0.2) is 0 Å². The Balaban J connectivity index is 0.000000360. The van der Waals surface area contributed by atoms with Gasteiger partial charge in [-0.1, -0.05) is 0 Å².